The van der Waals surface area contributed by atoms with Crippen LogP contribution in [0.1, 0.15) is 41.6 Å². The zero-order valence-electron chi connectivity index (χ0n) is 19.4. The number of carbonyl (C=O) groups is 2. The molecule has 10 nitrogen and oxygen atoms in total. The fourth-order valence-corrected chi connectivity index (χ4v) is 5.16. The maximum absolute atomic E-state index is 12.9. The minimum absolute atomic E-state index is 0.00700. The van der Waals surface area contributed by atoms with Crippen LogP contribution in [0, 0.1) is 24.0 Å². The van der Waals surface area contributed by atoms with Gasteiger partial charge in [-0.25, -0.2) is 4.79 Å². The van der Waals surface area contributed by atoms with Gasteiger partial charge in [0.1, 0.15) is 5.00 Å². The van der Waals surface area contributed by atoms with Crippen LogP contribution in [-0.4, -0.2) is 43.4 Å². The Kier molecular flexibility index (Phi) is 8.05. The molecule has 0 spiro atoms. The minimum atomic E-state index is -0.531. The molecular formula is C22H25N5O5S2. The van der Waals surface area contributed by atoms with Gasteiger partial charge in [0, 0.05) is 29.1 Å². The van der Waals surface area contributed by atoms with E-state index in [1.54, 1.807) is 26.0 Å². The van der Waals surface area contributed by atoms with E-state index in [2.05, 4.69) is 15.5 Å². The molecular weight excluding hydrogens is 478 g/mol. The number of ether oxygens (including phenoxy) is 1. The highest BCUT2D eigenvalue weighted by Gasteiger charge is 2.25. The molecule has 34 heavy (non-hydrogen) atoms. The number of hydrogen-bond donors (Lipinski definition) is 1. The summed E-state index contributed by atoms with van der Waals surface area (Å²) in [5.41, 5.74) is 1.85. The van der Waals surface area contributed by atoms with Crippen molar-refractivity contribution in [3.63, 3.8) is 0 Å². The first kappa shape index (κ1) is 25.4. The number of esters is 1. The summed E-state index contributed by atoms with van der Waals surface area (Å²) in [4.78, 5) is 36.7. The smallest absolute Gasteiger partial charge is 0.341 e. The molecule has 1 atom stereocenters. The highest BCUT2D eigenvalue weighted by atomic mass is 32.2. The Hall–Kier alpha value is -3.25. The molecule has 1 amide bonds. The maximum Gasteiger partial charge on any atom is 0.341 e. The third-order valence-electron chi connectivity index (χ3n) is 5.12. The van der Waals surface area contributed by atoms with Gasteiger partial charge in [0.2, 0.25) is 5.91 Å². The number of nitro groups is 1. The minimum Gasteiger partial charge on any atom is -0.462 e. The normalized spacial score (nSPS) is 11.8. The number of amides is 1. The van der Waals surface area contributed by atoms with Crippen molar-refractivity contribution < 1.29 is 19.2 Å². The van der Waals surface area contributed by atoms with E-state index in [1.807, 2.05) is 25.3 Å². The van der Waals surface area contributed by atoms with Crippen LogP contribution in [-0.2, 0) is 16.1 Å². The SMILES string of the molecule is CCOC(=O)c1c(NC(=O)C(C)Sc2nnc(-c3ccc([N+](=O)[O-])cc3)n2CC)sc(C)c1C. The Balaban J connectivity index is 1.78. The molecule has 0 radical (unpaired) electrons. The van der Waals surface area contributed by atoms with Gasteiger partial charge in [0.25, 0.3) is 5.69 Å². The first-order chi connectivity index (χ1) is 16.2. The number of anilines is 1. The Morgan fingerprint density at radius 3 is 2.50 bits per heavy atom. The van der Waals surface area contributed by atoms with Gasteiger partial charge < -0.3 is 14.6 Å². The van der Waals surface area contributed by atoms with Gasteiger partial charge in [-0.05, 0) is 52.3 Å². The molecule has 12 heteroatoms. The van der Waals surface area contributed by atoms with Crippen molar-refractivity contribution in [2.45, 2.75) is 51.6 Å². The van der Waals surface area contributed by atoms with Crippen LogP contribution >= 0.6 is 23.1 Å². The number of carbonyl (C=O) groups excluding carboxylic acids is 2. The average molecular weight is 504 g/mol. The van der Waals surface area contributed by atoms with E-state index in [1.165, 1.54) is 35.2 Å². The molecule has 1 aromatic carbocycles. The molecule has 3 aromatic rings. The van der Waals surface area contributed by atoms with Gasteiger partial charge in [-0.15, -0.1) is 21.5 Å². The summed E-state index contributed by atoms with van der Waals surface area (Å²) in [5.74, 6) is -0.181. The standard InChI is InChI=1S/C22H25N5O5S2/c1-6-26-18(15-8-10-16(11-9-15)27(30)31)24-25-22(26)34-14(5)19(28)23-20-17(21(29)32-7-2)12(3)13(4)33-20/h8-11,14H,6-7H2,1-5H3,(H,23,28). The summed E-state index contributed by atoms with van der Waals surface area (Å²) < 4.78 is 6.99. The molecule has 0 aliphatic carbocycles. The third-order valence-corrected chi connectivity index (χ3v) is 7.33. The first-order valence-corrected chi connectivity index (χ1v) is 12.3. The highest BCUT2D eigenvalue weighted by molar-refractivity contribution is 8.00. The lowest BCUT2D eigenvalue weighted by Gasteiger charge is -2.13. The lowest BCUT2D eigenvalue weighted by atomic mass is 10.1. The number of aromatic nitrogens is 3. The lowest BCUT2D eigenvalue weighted by molar-refractivity contribution is -0.384. The van der Waals surface area contributed by atoms with E-state index in [0.29, 0.717) is 33.7 Å². The summed E-state index contributed by atoms with van der Waals surface area (Å²) in [7, 11) is 0. The van der Waals surface area contributed by atoms with E-state index in [0.717, 1.165) is 10.4 Å². The fourth-order valence-electron chi connectivity index (χ4n) is 3.20. The molecule has 0 bridgehead atoms. The van der Waals surface area contributed by atoms with Crippen LogP contribution in [0.25, 0.3) is 11.4 Å². The number of thioether (sulfide) groups is 1. The molecule has 180 valence electrons. The van der Waals surface area contributed by atoms with Crippen molar-refractivity contribution in [2.75, 3.05) is 11.9 Å². The predicted molar refractivity (Wildman–Crippen MR) is 131 cm³/mol. The van der Waals surface area contributed by atoms with Crippen LogP contribution in [0.3, 0.4) is 0 Å². The number of rotatable bonds is 9. The van der Waals surface area contributed by atoms with Gasteiger partial charge in [0.05, 0.1) is 22.3 Å². The second kappa shape index (κ2) is 10.8. The van der Waals surface area contributed by atoms with Crippen LogP contribution < -0.4 is 5.32 Å². The van der Waals surface area contributed by atoms with E-state index in [-0.39, 0.29) is 18.2 Å². The number of hydrogen-bond acceptors (Lipinski definition) is 9. The molecule has 0 aliphatic rings. The van der Waals surface area contributed by atoms with E-state index >= 15 is 0 Å². The van der Waals surface area contributed by atoms with Crippen LogP contribution in [0.5, 0.6) is 0 Å². The summed E-state index contributed by atoms with van der Waals surface area (Å²) in [6.45, 7) is 9.92. The molecule has 0 saturated carbocycles. The van der Waals surface area contributed by atoms with Crippen LogP contribution in [0.15, 0.2) is 29.4 Å². The number of nitro benzene ring substituents is 1. The molecule has 0 saturated heterocycles. The largest absolute Gasteiger partial charge is 0.462 e. The monoisotopic (exact) mass is 503 g/mol. The predicted octanol–water partition coefficient (Wildman–Crippen LogP) is 4.85. The summed E-state index contributed by atoms with van der Waals surface area (Å²) in [6.07, 6.45) is 0. The van der Waals surface area contributed by atoms with Crippen molar-refractivity contribution in [3.8, 4) is 11.4 Å². The maximum atomic E-state index is 12.9. The quantitative estimate of drug-likeness (QED) is 0.190. The number of nitrogens with zero attached hydrogens (tertiary/aromatic N) is 4. The second-order valence-electron chi connectivity index (χ2n) is 7.31. The van der Waals surface area contributed by atoms with Crippen molar-refractivity contribution in [2.24, 2.45) is 0 Å². The molecule has 2 aromatic heterocycles. The lowest BCUT2D eigenvalue weighted by Crippen LogP contribution is -2.23. The average Bonchev–Trinajstić information content (AvgIpc) is 3.33. The van der Waals surface area contributed by atoms with Crippen LogP contribution in [0.2, 0.25) is 0 Å². The number of benzene rings is 1. The molecule has 1 unspecified atom stereocenters. The molecule has 0 fully saturated rings. The fraction of sp³-hybridized carbons (Fsp3) is 0.364. The Morgan fingerprint density at radius 2 is 1.91 bits per heavy atom. The zero-order valence-corrected chi connectivity index (χ0v) is 21.1. The summed E-state index contributed by atoms with van der Waals surface area (Å²) in [5, 5.41) is 22.7. The van der Waals surface area contributed by atoms with E-state index < -0.39 is 16.1 Å². The molecule has 3 rings (SSSR count). The number of thiophene rings is 1. The molecule has 1 N–H and O–H groups in total. The Labute approximate surface area is 204 Å². The Morgan fingerprint density at radius 1 is 1.24 bits per heavy atom. The first-order valence-electron chi connectivity index (χ1n) is 10.6. The third kappa shape index (κ3) is 5.28. The zero-order chi connectivity index (χ0) is 25.0. The molecule has 2 heterocycles. The topological polar surface area (TPSA) is 129 Å². The molecule has 0 aliphatic heterocycles. The number of nitrogens with one attached hydrogen (secondary N) is 1. The van der Waals surface area contributed by atoms with E-state index in [4.69, 9.17) is 4.74 Å². The van der Waals surface area contributed by atoms with Crippen molar-refractivity contribution in [3.05, 3.63) is 50.4 Å². The van der Waals surface area contributed by atoms with Gasteiger partial charge >= 0.3 is 5.97 Å². The Bertz CT molecular complexity index is 1220. The highest BCUT2D eigenvalue weighted by Crippen LogP contribution is 2.34. The van der Waals surface area contributed by atoms with Gasteiger partial charge in [-0.3, -0.25) is 14.9 Å². The van der Waals surface area contributed by atoms with Crippen LogP contribution in [0.4, 0.5) is 10.7 Å². The summed E-state index contributed by atoms with van der Waals surface area (Å²) >= 11 is 2.57. The van der Waals surface area contributed by atoms with Crippen molar-refractivity contribution in [1.82, 2.24) is 14.8 Å². The summed E-state index contributed by atoms with van der Waals surface area (Å²) in [6, 6.07) is 6.08. The number of non-ortho nitro benzene ring substituents is 1. The van der Waals surface area contributed by atoms with Crippen molar-refractivity contribution >= 4 is 45.7 Å². The number of aryl methyl sites for hydroxylation is 1. The van der Waals surface area contributed by atoms with Gasteiger partial charge in [-0.1, -0.05) is 11.8 Å². The van der Waals surface area contributed by atoms with Gasteiger partial charge in [0.15, 0.2) is 11.0 Å². The van der Waals surface area contributed by atoms with Crippen molar-refractivity contribution in [1.29, 1.82) is 0 Å². The van der Waals surface area contributed by atoms with E-state index in [9.17, 15) is 19.7 Å². The van der Waals surface area contributed by atoms with Gasteiger partial charge in [-0.2, -0.15) is 0 Å². The second-order valence-corrected chi connectivity index (χ2v) is 9.84.